The molecule has 0 bridgehead atoms. The van der Waals surface area contributed by atoms with Crippen molar-refractivity contribution in [2.45, 2.75) is 25.3 Å². The second-order valence-corrected chi connectivity index (χ2v) is 6.45. The molecule has 0 spiro atoms. The minimum absolute atomic E-state index is 0.471. The van der Waals surface area contributed by atoms with E-state index in [0.717, 1.165) is 23.5 Å². The maximum atomic E-state index is 11.2. The van der Waals surface area contributed by atoms with Crippen molar-refractivity contribution >= 4 is 34.0 Å². The van der Waals surface area contributed by atoms with Crippen LogP contribution in [0.2, 0.25) is 5.02 Å². The van der Waals surface area contributed by atoms with E-state index in [9.17, 15) is 9.90 Å². The Hall–Kier alpha value is -1.66. The van der Waals surface area contributed by atoms with Crippen molar-refractivity contribution in [1.82, 2.24) is 10.2 Å². The fourth-order valence-corrected chi connectivity index (χ4v) is 3.54. The second kappa shape index (κ2) is 5.99. The van der Waals surface area contributed by atoms with E-state index in [1.165, 1.54) is 11.3 Å². The van der Waals surface area contributed by atoms with Crippen LogP contribution in [-0.2, 0) is 11.2 Å². The zero-order valence-corrected chi connectivity index (χ0v) is 12.8. The number of rotatable bonds is 4. The van der Waals surface area contributed by atoms with Crippen LogP contribution in [0, 0.1) is 0 Å². The molecule has 2 heterocycles. The van der Waals surface area contributed by atoms with Crippen molar-refractivity contribution in [3.8, 4) is 0 Å². The first-order chi connectivity index (χ1) is 10.1. The van der Waals surface area contributed by atoms with Crippen LogP contribution in [0.15, 0.2) is 24.3 Å². The Balaban J connectivity index is 1.74. The number of aromatic nitrogens is 2. The number of carboxylic acids is 1. The molecule has 1 aromatic heterocycles. The number of halogens is 1. The molecule has 110 valence electrons. The Labute approximate surface area is 131 Å². The summed E-state index contributed by atoms with van der Waals surface area (Å²) < 4.78 is 0. The van der Waals surface area contributed by atoms with Crippen molar-refractivity contribution in [2.24, 2.45) is 0 Å². The van der Waals surface area contributed by atoms with Gasteiger partial charge in [-0.05, 0) is 30.5 Å². The summed E-state index contributed by atoms with van der Waals surface area (Å²) in [6.07, 6.45) is 2.23. The van der Waals surface area contributed by atoms with E-state index in [1.54, 1.807) is 0 Å². The molecule has 2 aromatic rings. The van der Waals surface area contributed by atoms with Crippen LogP contribution in [0.1, 0.15) is 23.4 Å². The minimum atomic E-state index is -0.790. The standard InChI is InChI=1S/C14H14ClN3O2S/c15-10-5-3-9(4-6-10)8-12-16-17-14(21-12)18-7-1-2-11(18)13(19)20/h3-6,11H,1-2,7-8H2,(H,19,20)/t11-/m1/s1. The fraction of sp³-hybridized carbons (Fsp3) is 0.357. The number of carboxylic acid groups (broad SMARTS) is 1. The molecule has 1 aliphatic heterocycles. The van der Waals surface area contributed by atoms with Gasteiger partial charge in [0, 0.05) is 18.0 Å². The van der Waals surface area contributed by atoms with Gasteiger partial charge in [-0.25, -0.2) is 4.79 Å². The van der Waals surface area contributed by atoms with Crippen LogP contribution in [0.4, 0.5) is 5.13 Å². The summed E-state index contributed by atoms with van der Waals surface area (Å²) in [5.41, 5.74) is 1.11. The van der Waals surface area contributed by atoms with Gasteiger partial charge < -0.3 is 10.0 Å². The SMILES string of the molecule is O=C(O)[C@H]1CCCN1c1nnc(Cc2ccc(Cl)cc2)s1. The smallest absolute Gasteiger partial charge is 0.326 e. The largest absolute Gasteiger partial charge is 0.480 e. The van der Waals surface area contributed by atoms with E-state index in [1.807, 2.05) is 29.2 Å². The minimum Gasteiger partial charge on any atom is -0.480 e. The lowest BCUT2D eigenvalue weighted by Crippen LogP contribution is -2.35. The zero-order valence-electron chi connectivity index (χ0n) is 11.2. The highest BCUT2D eigenvalue weighted by atomic mass is 35.5. The number of nitrogens with zero attached hydrogens (tertiary/aromatic N) is 3. The molecule has 1 aliphatic rings. The van der Waals surface area contributed by atoms with E-state index in [4.69, 9.17) is 11.6 Å². The first-order valence-corrected chi connectivity index (χ1v) is 7.89. The number of hydrogen-bond donors (Lipinski definition) is 1. The molecule has 0 unspecified atom stereocenters. The molecule has 5 nitrogen and oxygen atoms in total. The third kappa shape index (κ3) is 3.16. The van der Waals surface area contributed by atoms with E-state index in [-0.39, 0.29) is 0 Å². The van der Waals surface area contributed by atoms with Gasteiger partial charge in [0.1, 0.15) is 11.0 Å². The molecule has 1 atom stereocenters. The zero-order chi connectivity index (χ0) is 14.8. The van der Waals surface area contributed by atoms with E-state index in [2.05, 4.69) is 10.2 Å². The Bertz CT molecular complexity index is 644. The van der Waals surface area contributed by atoms with Crippen molar-refractivity contribution in [2.75, 3.05) is 11.4 Å². The van der Waals surface area contributed by atoms with Crippen molar-refractivity contribution in [3.63, 3.8) is 0 Å². The normalized spacial score (nSPS) is 18.1. The summed E-state index contributed by atoms with van der Waals surface area (Å²) in [6, 6.07) is 7.14. The third-order valence-electron chi connectivity index (χ3n) is 3.51. The molecule has 0 amide bonds. The molecular formula is C14H14ClN3O2S. The second-order valence-electron chi connectivity index (χ2n) is 4.97. The Morgan fingerprint density at radius 2 is 2.14 bits per heavy atom. The van der Waals surface area contributed by atoms with Gasteiger partial charge in [0.15, 0.2) is 0 Å². The summed E-state index contributed by atoms with van der Waals surface area (Å²) in [6.45, 7) is 0.729. The van der Waals surface area contributed by atoms with Gasteiger partial charge in [-0.2, -0.15) is 0 Å². The highest BCUT2D eigenvalue weighted by Gasteiger charge is 2.32. The van der Waals surface area contributed by atoms with Gasteiger partial charge >= 0.3 is 5.97 Å². The predicted octanol–water partition coefficient (Wildman–Crippen LogP) is 2.84. The molecule has 1 aromatic carbocycles. The predicted molar refractivity (Wildman–Crippen MR) is 82.2 cm³/mol. The lowest BCUT2D eigenvalue weighted by molar-refractivity contribution is -0.138. The lowest BCUT2D eigenvalue weighted by Gasteiger charge is -2.19. The molecule has 1 fully saturated rings. The van der Waals surface area contributed by atoms with Crippen molar-refractivity contribution < 1.29 is 9.90 Å². The average Bonchev–Trinajstić information content (AvgIpc) is 3.09. The van der Waals surface area contributed by atoms with Crippen molar-refractivity contribution in [3.05, 3.63) is 39.9 Å². The van der Waals surface area contributed by atoms with Crippen LogP contribution in [0.25, 0.3) is 0 Å². The Kier molecular flexibility index (Phi) is 4.07. The number of carbonyl (C=O) groups is 1. The number of aliphatic carboxylic acids is 1. The topological polar surface area (TPSA) is 66.3 Å². The quantitative estimate of drug-likeness (QED) is 0.937. The number of hydrogen-bond acceptors (Lipinski definition) is 5. The molecule has 21 heavy (non-hydrogen) atoms. The third-order valence-corrected chi connectivity index (χ3v) is 4.72. The van der Waals surface area contributed by atoms with Gasteiger partial charge in [-0.15, -0.1) is 10.2 Å². The lowest BCUT2D eigenvalue weighted by atomic mass is 10.2. The summed E-state index contributed by atoms with van der Waals surface area (Å²) in [4.78, 5) is 13.1. The van der Waals surface area contributed by atoms with Crippen LogP contribution in [0.3, 0.4) is 0 Å². The van der Waals surface area contributed by atoms with Gasteiger partial charge in [-0.3, -0.25) is 0 Å². The maximum Gasteiger partial charge on any atom is 0.326 e. The first-order valence-electron chi connectivity index (χ1n) is 6.70. The Morgan fingerprint density at radius 3 is 2.86 bits per heavy atom. The van der Waals surface area contributed by atoms with Crippen LogP contribution < -0.4 is 4.90 Å². The van der Waals surface area contributed by atoms with E-state index in [0.29, 0.717) is 23.0 Å². The monoisotopic (exact) mass is 323 g/mol. The summed E-state index contributed by atoms with van der Waals surface area (Å²) in [5, 5.41) is 19.8. The molecular weight excluding hydrogens is 310 g/mol. The molecule has 7 heteroatoms. The van der Waals surface area contributed by atoms with E-state index < -0.39 is 12.0 Å². The maximum absolute atomic E-state index is 11.2. The molecule has 0 radical (unpaired) electrons. The summed E-state index contributed by atoms with van der Waals surface area (Å²) in [5.74, 6) is -0.790. The van der Waals surface area contributed by atoms with Crippen LogP contribution in [-0.4, -0.2) is 33.9 Å². The van der Waals surface area contributed by atoms with Crippen molar-refractivity contribution in [1.29, 1.82) is 0 Å². The molecule has 3 rings (SSSR count). The van der Waals surface area contributed by atoms with Gasteiger partial charge in [0.05, 0.1) is 0 Å². The van der Waals surface area contributed by atoms with Gasteiger partial charge in [0.25, 0.3) is 0 Å². The van der Waals surface area contributed by atoms with E-state index >= 15 is 0 Å². The summed E-state index contributed by atoms with van der Waals surface area (Å²) in [7, 11) is 0. The van der Waals surface area contributed by atoms with Crippen LogP contribution in [0.5, 0.6) is 0 Å². The molecule has 0 aliphatic carbocycles. The summed E-state index contributed by atoms with van der Waals surface area (Å²) >= 11 is 7.32. The Morgan fingerprint density at radius 1 is 1.38 bits per heavy atom. The number of anilines is 1. The molecule has 1 saturated heterocycles. The highest BCUT2D eigenvalue weighted by molar-refractivity contribution is 7.15. The first kappa shape index (κ1) is 14.3. The molecule has 1 N–H and O–H groups in total. The average molecular weight is 324 g/mol. The fourth-order valence-electron chi connectivity index (χ4n) is 2.46. The highest BCUT2D eigenvalue weighted by Crippen LogP contribution is 2.29. The van der Waals surface area contributed by atoms with Crippen LogP contribution >= 0.6 is 22.9 Å². The van der Waals surface area contributed by atoms with Gasteiger partial charge in [-0.1, -0.05) is 35.1 Å². The molecule has 0 saturated carbocycles. The van der Waals surface area contributed by atoms with Gasteiger partial charge in [0.2, 0.25) is 5.13 Å². The number of benzene rings is 1.